The fourth-order valence-corrected chi connectivity index (χ4v) is 1.77. The Balaban J connectivity index is 2.78. The molecule has 1 aromatic rings. The van der Waals surface area contributed by atoms with Crippen LogP contribution in [0.5, 0.6) is 0 Å². The summed E-state index contributed by atoms with van der Waals surface area (Å²) in [5.74, 6) is 0.857. The highest BCUT2D eigenvalue weighted by molar-refractivity contribution is 5.80. The van der Waals surface area contributed by atoms with E-state index in [2.05, 4.69) is 72.5 Å². The van der Waals surface area contributed by atoms with Gasteiger partial charge in [0, 0.05) is 31.9 Å². The van der Waals surface area contributed by atoms with Gasteiger partial charge >= 0.3 is 0 Å². The zero-order chi connectivity index (χ0) is 15.2. The predicted molar refractivity (Wildman–Crippen MR) is 88.5 cm³/mol. The normalized spacial score (nSPS) is 12.2. The number of hydrogen-bond acceptors (Lipinski definition) is 2. The van der Waals surface area contributed by atoms with Gasteiger partial charge in [-0.1, -0.05) is 12.1 Å². The Hall–Kier alpha value is -1.71. The number of rotatable bonds is 4. The van der Waals surface area contributed by atoms with Crippen molar-refractivity contribution in [2.24, 2.45) is 4.99 Å². The lowest BCUT2D eigenvalue weighted by Gasteiger charge is -2.23. The first-order valence-corrected chi connectivity index (χ1v) is 7.14. The summed E-state index contributed by atoms with van der Waals surface area (Å²) in [6.45, 7) is 10.0. The second-order valence-electron chi connectivity index (χ2n) is 6.13. The average Bonchev–Trinajstić information content (AvgIpc) is 2.35. The molecule has 0 aliphatic carbocycles. The van der Waals surface area contributed by atoms with E-state index in [9.17, 15) is 0 Å². The molecule has 20 heavy (non-hydrogen) atoms. The maximum Gasteiger partial charge on any atom is 0.191 e. The van der Waals surface area contributed by atoms with E-state index in [1.54, 1.807) is 0 Å². The summed E-state index contributed by atoms with van der Waals surface area (Å²) in [5.41, 5.74) is 2.42. The van der Waals surface area contributed by atoms with Gasteiger partial charge in [0.1, 0.15) is 0 Å². The van der Waals surface area contributed by atoms with Crippen LogP contribution in [0.4, 0.5) is 5.69 Å². The molecule has 0 atom stereocenters. The van der Waals surface area contributed by atoms with E-state index in [0.29, 0.717) is 6.54 Å². The van der Waals surface area contributed by atoms with Gasteiger partial charge in [0.2, 0.25) is 0 Å². The second kappa shape index (κ2) is 7.17. The summed E-state index contributed by atoms with van der Waals surface area (Å²) in [5, 5.41) is 6.67. The Morgan fingerprint density at radius 3 is 2.50 bits per heavy atom. The maximum atomic E-state index is 4.65. The molecule has 4 heteroatoms. The molecule has 0 aliphatic heterocycles. The van der Waals surface area contributed by atoms with E-state index in [-0.39, 0.29) is 5.54 Å². The summed E-state index contributed by atoms with van der Waals surface area (Å²) in [6.07, 6.45) is 0. The molecule has 1 aromatic carbocycles. The third kappa shape index (κ3) is 5.95. The van der Waals surface area contributed by atoms with Crippen LogP contribution < -0.4 is 15.5 Å². The number of hydrogen-bond donors (Lipinski definition) is 2. The van der Waals surface area contributed by atoms with Gasteiger partial charge in [-0.15, -0.1) is 0 Å². The predicted octanol–water partition coefficient (Wildman–Crippen LogP) is 2.61. The topological polar surface area (TPSA) is 39.7 Å². The second-order valence-corrected chi connectivity index (χ2v) is 6.13. The molecule has 0 fully saturated rings. The van der Waals surface area contributed by atoms with Gasteiger partial charge in [-0.25, -0.2) is 4.99 Å². The fraction of sp³-hybridized carbons (Fsp3) is 0.562. The molecule has 0 heterocycles. The number of nitrogens with one attached hydrogen (secondary N) is 2. The van der Waals surface area contributed by atoms with Crippen LogP contribution in [0.1, 0.15) is 33.3 Å². The van der Waals surface area contributed by atoms with Gasteiger partial charge in [-0.3, -0.25) is 0 Å². The highest BCUT2D eigenvalue weighted by Gasteiger charge is 2.11. The van der Waals surface area contributed by atoms with E-state index < -0.39 is 0 Å². The molecular formula is C16H28N4. The van der Waals surface area contributed by atoms with E-state index in [1.807, 2.05) is 14.1 Å². The molecule has 0 saturated carbocycles. The largest absolute Gasteiger partial charge is 0.378 e. The van der Waals surface area contributed by atoms with Crippen LogP contribution in [0.3, 0.4) is 0 Å². The van der Waals surface area contributed by atoms with Crippen LogP contribution in [0.15, 0.2) is 29.3 Å². The highest BCUT2D eigenvalue weighted by Crippen LogP contribution is 2.14. The number of benzene rings is 1. The van der Waals surface area contributed by atoms with Crippen LogP contribution in [0.25, 0.3) is 0 Å². The number of anilines is 1. The quantitative estimate of drug-likeness (QED) is 0.656. The van der Waals surface area contributed by atoms with Crippen LogP contribution in [0, 0.1) is 0 Å². The monoisotopic (exact) mass is 276 g/mol. The van der Waals surface area contributed by atoms with Crippen molar-refractivity contribution in [1.29, 1.82) is 0 Å². The fourth-order valence-electron chi connectivity index (χ4n) is 1.77. The number of guanidine groups is 1. The molecule has 0 aliphatic rings. The van der Waals surface area contributed by atoms with Crippen molar-refractivity contribution in [1.82, 2.24) is 10.6 Å². The molecule has 0 aromatic heterocycles. The smallest absolute Gasteiger partial charge is 0.191 e. The lowest BCUT2D eigenvalue weighted by molar-refractivity contribution is 0.501. The lowest BCUT2D eigenvalue weighted by atomic mass is 10.1. The van der Waals surface area contributed by atoms with Gasteiger partial charge in [-0.2, -0.15) is 0 Å². The molecule has 0 radical (unpaired) electrons. The van der Waals surface area contributed by atoms with Crippen molar-refractivity contribution < 1.29 is 0 Å². The molecule has 0 bridgehead atoms. The molecule has 0 spiro atoms. The molecule has 4 nitrogen and oxygen atoms in total. The first-order valence-electron chi connectivity index (χ1n) is 7.14. The summed E-state index contributed by atoms with van der Waals surface area (Å²) < 4.78 is 0. The van der Waals surface area contributed by atoms with E-state index in [1.165, 1.54) is 11.3 Å². The maximum absolute atomic E-state index is 4.65. The third-order valence-electron chi connectivity index (χ3n) is 2.68. The lowest BCUT2D eigenvalue weighted by Crippen LogP contribution is -2.47. The van der Waals surface area contributed by atoms with E-state index in [0.717, 1.165) is 12.5 Å². The Morgan fingerprint density at radius 2 is 1.95 bits per heavy atom. The Morgan fingerprint density at radius 1 is 1.25 bits per heavy atom. The Kier molecular flexibility index (Phi) is 5.86. The standard InChI is InChI=1S/C16H28N4/c1-7-17-15(19-16(2,3)4)18-12-13-9-8-10-14(11-13)20(5)6/h8-11H,7,12H2,1-6H3,(H2,17,18,19). The summed E-state index contributed by atoms with van der Waals surface area (Å²) in [6, 6.07) is 8.46. The van der Waals surface area contributed by atoms with Crippen LogP contribution in [-0.4, -0.2) is 32.1 Å². The van der Waals surface area contributed by atoms with Gasteiger partial charge in [0.15, 0.2) is 5.96 Å². The zero-order valence-electron chi connectivity index (χ0n) is 13.6. The van der Waals surface area contributed by atoms with Crippen LogP contribution in [0.2, 0.25) is 0 Å². The van der Waals surface area contributed by atoms with Crippen molar-refractivity contribution in [3.63, 3.8) is 0 Å². The third-order valence-corrected chi connectivity index (χ3v) is 2.68. The van der Waals surface area contributed by atoms with Gasteiger partial charge in [0.05, 0.1) is 6.54 Å². The van der Waals surface area contributed by atoms with Crippen molar-refractivity contribution in [3.8, 4) is 0 Å². The molecule has 0 unspecified atom stereocenters. The molecule has 0 saturated heterocycles. The van der Waals surface area contributed by atoms with Crippen molar-refractivity contribution >= 4 is 11.6 Å². The molecule has 1 rings (SSSR count). The summed E-state index contributed by atoms with van der Waals surface area (Å²) in [7, 11) is 4.10. The molecule has 112 valence electrons. The summed E-state index contributed by atoms with van der Waals surface area (Å²) in [4.78, 5) is 6.75. The van der Waals surface area contributed by atoms with Crippen LogP contribution in [-0.2, 0) is 6.54 Å². The molecule has 2 N–H and O–H groups in total. The van der Waals surface area contributed by atoms with Crippen molar-refractivity contribution in [2.75, 3.05) is 25.5 Å². The minimum Gasteiger partial charge on any atom is -0.378 e. The van der Waals surface area contributed by atoms with Gasteiger partial charge in [0.25, 0.3) is 0 Å². The van der Waals surface area contributed by atoms with Gasteiger partial charge in [-0.05, 0) is 45.4 Å². The van der Waals surface area contributed by atoms with E-state index >= 15 is 0 Å². The minimum atomic E-state index is 0.00644. The Bertz CT molecular complexity index is 444. The summed E-state index contributed by atoms with van der Waals surface area (Å²) >= 11 is 0. The number of nitrogens with zero attached hydrogens (tertiary/aromatic N) is 2. The first-order chi connectivity index (χ1) is 9.31. The van der Waals surface area contributed by atoms with E-state index in [4.69, 9.17) is 0 Å². The zero-order valence-corrected chi connectivity index (χ0v) is 13.6. The van der Waals surface area contributed by atoms with Crippen LogP contribution >= 0.6 is 0 Å². The molecular weight excluding hydrogens is 248 g/mol. The number of aliphatic imine (C=N–C) groups is 1. The molecule has 0 amide bonds. The highest BCUT2D eigenvalue weighted by atomic mass is 15.2. The SMILES string of the molecule is CCNC(=NCc1cccc(N(C)C)c1)NC(C)(C)C. The minimum absolute atomic E-state index is 0.00644. The van der Waals surface area contributed by atoms with Gasteiger partial charge < -0.3 is 15.5 Å². The first kappa shape index (κ1) is 16.3. The van der Waals surface area contributed by atoms with Crippen molar-refractivity contribution in [3.05, 3.63) is 29.8 Å². The average molecular weight is 276 g/mol. The Labute approximate surface area is 123 Å². The van der Waals surface area contributed by atoms with Crippen molar-refractivity contribution in [2.45, 2.75) is 39.8 Å².